The van der Waals surface area contributed by atoms with Gasteiger partial charge in [0.05, 0.1) is 27.7 Å². The molecule has 4 aromatic rings. The number of alkyl halides is 3. The molecule has 0 atom stereocenters. The number of imidazole rings is 1. The molecule has 194 valence electrons. The average molecular weight is 534 g/mol. The quantitative estimate of drug-likeness (QED) is 0.261. The van der Waals surface area contributed by atoms with Crippen molar-refractivity contribution >= 4 is 23.0 Å². The molecule has 5 rings (SSSR count). The molecule has 7 nitrogen and oxygen atoms in total. The summed E-state index contributed by atoms with van der Waals surface area (Å²) >= 11 is 6.80. The van der Waals surface area contributed by atoms with E-state index < -0.39 is 17.7 Å². The highest BCUT2D eigenvalue weighted by molar-refractivity contribution is 6.36. The first-order chi connectivity index (χ1) is 17.6. The smallest absolute Gasteiger partial charge is 0.331 e. The summed E-state index contributed by atoms with van der Waals surface area (Å²) in [6.07, 6.45) is -0.636. The normalized spacial score (nSPS) is 15.1. The van der Waals surface area contributed by atoms with Crippen LogP contribution in [0.4, 0.5) is 23.2 Å². The monoisotopic (exact) mass is 533 g/mol. The number of halogens is 5. The minimum Gasteiger partial charge on any atom is -0.331 e. The van der Waals surface area contributed by atoms with Crippen LogP contribution in [-0.2, 0) is 19.3 Å². The van der Waals surface area contributed by atoms with Crippen molar-refractivity contribution in [1.29, 1.82) is 0 Å². The lowest BCUT2D eigenvalue weighted by Gasteiger charge is -2.16. The first-order valence-corrected chi connectivity index (χ1v) is 12.3. The summed E-state index contributed by atoms with van der Waals surface area (Å²) in [5.74, 6) is -0.801. The fourth-order valence-electron chi connectivity index (χ4n) is 4.50. The van der Waals surface area contributed by atoms with Crippen molar-refractivity contribution in [3.63, 3.8) is 0 Å². The van der Waals surface area contributed by atoms with Crippen LogP contribution >= 0.6 is 11.6 Å². The number of aromatic nitrogens is 6. The number of benzene rings is 1. The number of aliphatic imine (C=N–C) groups is 1. The lowest BCUT2D eigenvalue weighted by molar-refractivity contribution is -0.140. The van der Waals surface area contributed by atoms with Gasteiger partial charge in [0.25, 0.3) is 0 Å². The Kier molecular flexibility index (Phi) is 6.43. The molecule has 37 heavy (non-hydrogen) atoms. The lowest BCUT2D eigenvalue weighted by atomic mass is 10.1. The van der Waals surface area contributed by atoms with Crippen molar-refractivity contribution in [2.24, 2.45) is 4.99 Å². The van der Waals surface area contributed by atoms with Crippen molar-refractivity contribution in [3.8, 4) is 22.8 Å². The highest BCUT2D eigenvalue weighted by Gasteiger charge is 2.35. The Labute approximate surface area is 215 Å². The second-order valence-electron chi connectivity index (χ2n) is 9.05. The Morgan fingerprint density at radius 2 is 1.97 bits per heavy atom. The van der Waals surface area contributed by atoms with Crippen molar-refractivity contribution in [2.75, 3.05) is 0 Å². The van der Waals surface area contributed by atoms with Crippen molar-refractivity contribution in [3.05, 3.63) is 58.9 Å². The van der Waals surface area contributed by atoms with Crippen LogP contribution in [0, 0.1) is 5.82 Å². The number of hydrogen-bond acceptors (Lipinski definition) is 4. The third kappa shape index (κ3) is 4.56. The molecule has 0 aliphatic carbocycles. The number of nitrogens with zero attached hydrogens (tertiary/aromatic N) is 7. The van der Waals surface area contributed by atoms with Crippen LogP contribution in [0.5, 0.6) is 0 Å². The molecule has 12 heteroatoms. The van der Waals surface area contributed by atoms with E-state index in [1.165, 1.54) is 16.7 Å². The van der Waals surface area contributed by atoms with Gasteiger partial charge in [-0.25, -0.2) is 9.37 Å². The Bertz CT molecular complexity index is 1490. The van der Waals surface area contributed by atoms with Gasteiger partial charge in [-0.3, -0.25) is 14.4 Å². The maximum absolute atomic E-state index is 15.1. The van der Waals surface area contributed by atoms with Crippen LogP contribution in [0.25, 0.3) is 22.8 Å². The third-order valence-electron chi connectivity index (χ3n) is 6.22. The van der Waals surface area contributed by atoms with Crippen molar-refractivity contribution < 1.29 is 17.6 Å². The number of hydrogen-bond donors (Lipinski definition) is 0. The van der Waals surface area contributed by atoms with Crippen molar-refractivity contribution in [2.45, 2.75) is 58.9 Å². The summed E-state index contributed by atoms with van der Waals surface area (Å²) < 4.78 is 59.5. The summed E-state index contributed by atoms with van der Waals surface area (Å²) in [6.45, 7) is 6.58. The molecule has 0 radical (unpaired) electrons. The van der Waals surface area contributed by atoms with Gasteiger partial charge in [0.1, 0.15) is 23.0 Å². The van der Waals surface area contributed by atoms with Gasteiger partial charge in [-0.2, -0.15) is 23.4 Å². The molecule has 0 fully saturated rings. The Morgan fingerprint density at radius 1 is 1.19 bits per heavy atom. The first kappa shape index (κ1) is 25.2. The highest BCUT2D eigenvalue weighted by atomic mass is 35.5. The van der Waals surface area contributed by atoms with Crippen LogP contribution in [0.1, 0.15) is 51.0 Å². The molecule has 4 heterocycles. The molecule has 1 aromatic carbocycles. The zero-order chi connectivity index (χ0) is 26.5. The summed E-state index contributed by atoms with van der Waals surface area (Å²) in [7, 11) is 0. The van der Waals surface area contributed by atoms with Gasteiger partial charge in [0.2, 0.25) is 0 Å². The molecule has 1 aliphatic heterocycles. The predicted molar refractivity (Wildman–Crippen MR) is 133 cm³/mol. The zero-order valence-corrected chi connectivity index (χ0v) is 21.1. The van der Waals surface area contributed by atoms with E-state index >= 15 is 4.39 Å². The van der Waals surface area contributed by atoms with Crippen LogP contribution in [-0.4, -0.2) is 34.8 Å². The summed E-state index contributed by atoms with van der Waals surface area (Å²) in [6, 6.07) is 6.13. The molecule has 0 N–H and O–H groups in total. The third-order valence-corrected chi connectivity index (χ3v) is 6.58. The fourth-order valence-corrected chi connectivity index (χ4v) is 4.84. The van der Waals surface area contributed by atoms with E-state index in [-0.39, 0.29) is 24.0 Å². The van der Waals surface area contributed by atoms with Gasteiger partial charge in [-0.1, -0.05) is 11.6 Å². The second kappa shape index (κ2) is 9.44. The topological polar surface area (TPSA) is 65.8 Å². The first-order valence-electron chi connectivity index (χ1n) is 11.9. The Morgan fingerprint density at radius 3 is 2.65 bits per heavy atom. The molecule has 0 amide bonds. The summed E-state index contributed by atoms with van der Waals surface area (Å²) in [5.41, 5.74) is 1.95. The molecule has 0 saturated heterocycles. The number of rotatable bonds is 5. The molecule has 3 aromatic heterocycles. The molecule has 0 spiro atoms. The summed E-state index contributed by atoms with van der Waals surface area (Å²) in [4.78, 5) is 8.30. The minimum atomic E-state index is -4.62. The van der Waals surface area contributed by atoms with E-state index in [0.717, 1.165) is 18.3 Å². The van der Waals surface area contributed by atoms with E-state index in [1.54, 1.807) is 23.9 Å². The average Bonchev–Trinajstić information content (AvgIpc) is 3.56. The van der Waals surface area contributed by atoms with Crippen LogP contribution in [0.15, 0.2) is 41.7 Å². The van der Waals surface area contributed by atoms with Crippen molar-refractivity contribution in [1.82, 2.24) is 29.1 Å². The van der Waals surface area contributed by atoms with E-state index in [1.807, 2.05) is 24.6 Å². The maximum Gasteiger partial charge on any atom is 0.434 e. The van der Waals surface area contributed by atoms with E-state index in [9.17, 15) is 13.2 Å². The molecule has 0 bridgehead atoms. The molecule has 0 saturated carbocycles. The number of aryl methyl sites for hydroxylation is 2. The second-order valence-corrected chi connectivity index (χ2v) is 9.43. The maximum atomic E-state index is 15.1. The fraction of sp³-hybridized carbons (Fsp3) is 0.360. The van der Waals surface area contributed by atoms with Gasteiger partial charge in [-0.15, -0.1) is 0 Å². The summed E-state index contributed by atoms with van der Waals surface area (Å²) in [5, 5.41) is 9.52. The standard InChI is InChI=1S/C25H24ClF4N7/c1-4-35-13-20(25(28,29)30)33-24(35)16-8-7-15(12-17(16)27)32-18-6-5-11-36-23(18)21(26)22(34-36)19-9-10-31-37(19)14(2)3/h7-10,12-14H,4-6,11H2,1-3H3/b32-18+. The Balaban J connectivity index is 1.52. The Hall–Kier alpha value is -3.47. The largest absolute Gasteiger partial charge is 0.434 e. The minimum absolute atomic E-state index is 0.0303. The number of fused-ring (bicyclic) bond motifs is 1. The van der Waals surface area contributed by atoms with Crippen LogP contribution < -0.4 is 0 Å². The SMILES string of the molecule is CCn1cc(C(F)(F)F)nc1-c1ccc(/N=C2\CCCn3nc(-c4ccnn4C(C)C)c(Cl)c32)cc1F. The van der Waals surface area contributed by atoms with E-state index in [0.29, 0.717) is 40.8 Å². The zero-order valence-electron chi connectivity index (χ0n) is 20.4. The van der Waals surface area contributed by atoms with Gasteiger partial charge in [0, 0.05) is 37.6 Å². The van der Waals surface area contributed by atoms with Gasteiger partial charge >= 0.3 is 6.18 Å². The van der Waals surface area contributed by atoms with Gasteiger partial charge in [0.15, 0.2) is 5.69 Å². The molecular formula is C25H24ClF4N7. The van der Waals surface area contributed by atoms with Gasteiger partial charge in [-0.05, 0) is 51.8 Å². The molecular weight excluding hydrogens is 510 g/mol. The van der Waals surface area contributed by atoms with Gasteiger partial charge < -0.3 is 4.57 Å². The predicted octanol–water partition coefficient (Wildman–Crippen LogP) is 6.94. The highest BCUT2D eigenvalue weighted by Crippen LogP contribution is 2.36. The molecule has 1 aliphatic rings. The van der Waals surface area contributed by atoms with E-state index in [4.69, 9.17) is 16.7 Å². The van der Waals surface area contributed by atoms with E-state index in [2.05, 4.69) is 15.1 Å². The van der Waals surface area contributed by atoms with Crippen LogP contribution in [0.2, 0.25) is 5.02 Å². The van der Waals surface area contributed by atoms with Crippen LogP contribution in [0.3, 0.4) is 0 Å². The lowest BCUT2D eigenvalue weighted by Crippen LogP contribution is -2.18. The molecule has 0 unspecified atom stereocenters.